The fourth-order valence-corrected chi connectivity index (χ4v) is 6.57. The summed E-state index contributed by atoms with van der Waals surface area (Å²) in [5, 5.41) is 11.3. The highest BCUT2D eigenvalue weighted by molar-refractivity contribution is 5.27. The van der Waals surface area contributed by atoms with Crippen molar-refractivity contribution in [2.45, 2.75) is 109 Å². The summed E-state index contributed by atoms with van der Waals surface area (Å²) < 4.78 is 35.0. The van der Waals surface area contributed by atoms with Gasteiger partial charge in [-0.05, 0) is 72.9 Å². The molecular weight excluding hydrogens is 568 g/mol. The number of methoxy groups -OCH3 is 2. The van der Waals surface area contributed by atoms with Crippen molar-refractivity contribution < 1.29 is 33.5 Å². The van der Waals surface area contributed by atoms with Crippen molar-refractivity contribution in [2.75, 3.05) is 27.4 Å². The Morgan fingerprint density at radius 3 is 2.11 bits per heavy atom. The molecule has 4 rings (SSSR count). The fourth-order valence-electron chi connectivity index (χ4n) is 6.57. The molecular formula is C38H56O7. The van der Waals surface area contributed by atoms with Gasteiger partial charge in [-0.15, -0.1) is 0 Å². The number of ether oxygens (including phenoxy) is 6. The molecule has 1 N–H and O–H groups in total. The summed E-state index contributed by atoms with van der Waals surface area (Å²) in [6, 6.07) is 16.1. The Labute approximate surface area is 271 Å². The third kappa shape index (κ3) is 11.7. The highest BCUT2D eigenvalue weighted by Gasteiger charge is 2.41. The predicted octanol–water partition coefficient (Wildman–Crippen LogP) is 7.88. The molecule has 0 bridgehead atoms. The first-order valence-corrected chi connectivity index (χ1v) is 17.1. The van der Waals surface area contributed by atoms with Gasteiger partial charge in [-0.3, -0.25) is 0 Å². The SMILES string of the molecule is CCCC[C@H](C)C[C@@H](/C=C/[C@H]1C(OCc2ccc(OC)cc2)C[C@H](O)[C@@H]1CCCCC1OCCO1)OCc1ccc(OC)cc1. The first kappa shape index (κ1) is 35.4. The molecule has 7 heteroatoms. The van der Waals surface area contributed by atoms with Crippen LogP contribution in [0.1, 0.15) is 82.8 Å². The van der Waals surface area contributed by atoms with E-state index in [1.54, 1.807) is 14.2 Å². The van der Waals surface area contributed by atoms with Crippen molar-refractivity contribution in [3.05, 3.63) is 71.8 Å². The van der Waals surface area contributed by atoms with Crippen LogP contribution in [0.15, 0.2) is 60.7 Å². The maximum absolute atomic E-state index is 11.3. The molecule has 0 spiro atoms. The lowest BCUT2D eigenvalue weighted by atomic mass is 9.87. The van der Waals surface area contributed by atoms with Gasteiger partial charge in [0.25, 0.3) is 0 Å². The molecule has 0 radical (unpaired) electrons. The summed E-state index contributed by atoms with van der Waals surface area (Å²) in [5.41, 5.74) is 2.22. The van der Waals surface area contributed by atoms with Crippen molar-refractivity contribution in [1.82, 2.24) is 0 Å². The van der Waals surface area contributed by atoms with Gasteiger partial charge >= 0.3 is 0 Å². The number of hydrogen-bond acceptors (Lipinski definition) is 7. The van der Waals surface area contributed by atoms with Crippen LogP contribution in [0.3, 0.4) is 0 Å². The number of unbranched alkanes of at least 4 members (excludes halogenated alkanes) is 2. The highest BCUT2D eigenvalue weighted by Crippen LogP contribution is 2.40. The zero-order valence-corrected chi connectivity index (χ0v) is 27.9. The maximum Gasteiger partial charge on any atom is 0.157 e. The number of rotatable bonds is 20. The molecule has 2 aromatic rings. The molecule has 250 valence electrons. The fraction of sp³-hybridized carbons (Fsp3) is 0.632. The molecule has 1 aliphatic heterocycles. The van der Waals surface area contributed by atoms with E-state index in [1.807, 2.05) is 36.4 Å². The Hall–Kier alpha value is -2.42. The Bertz CT molecular complexity index is 1100. The maximum atomic E-state index is 11.3. The van der Waals surface area contributed by atoms with Gasteiger partial charge in [0.1, 0.15) is 11.5 Å². The number of aliphatic hydroxyl groups excluding tert-OH is 1. The van der Waals surface area contributed by atoms with Crippen molar-refractivity contribution >= 4 is 0 Å². The minimum Gasteiger partial charge on any atom is -0.497 e. The van der Waals surface area contributed by atoms with Gasteiger partial charge in [0.2, 0.25) is 0 Å². The summed E-state index contributed by atoms with van der Waals surface area (Å²) in [7, 11) is 3.36. The normalized spacial score (nSPS) is 23.5. The lowest BCUT2D eigenvalue weighted by Gasteiger charge is -2.25. The zero-order valence-electron chi connectivity index (χ0n) is 27.9. The zero-order chi connectivity index (χ0) is 31.9. The first-order valence-electron chi connectivity index (χ1n) is 17.1. The number of aliphatic hydroxyl groups is 1. The van der Waals surface area contributed by atoms with Crippen LogP contribution < -0.4 is 9.47 Å². The second kappa shape index (κ2) is 19.3. The molecule has 1 unspecified atom stereocenters. The molecule has 1 saturated heterocycles. The van der Waals surface area contributed by atoms with E-state index in [-0.39, 0.29) is 30.3 Å². The monoisotopic (exact) mass is 624 g/mol. The van der Waals surface area contributed by atoms with E-state index in [4.69, 9.17) is 28.4 Å². The average molecular weight is 625 g/mol. The van der Waals surface area contributed by atoms with E-state index in [2.05, 4.69) is 38.1 Å². The highest BCUT2D eigenvalue weighted by atomic mass is 16.7. The quantitative estimate of drug-likeness (QED) is 0.119. The van der Waals surface area contributed by atoms with Crippen LogP contribution in [0, 0.1) is 17.8 Å². The summed E-state index contributed by atoms with van der Waals surface area (Å²) in [4.78, 5) is 0. The molecule has 0 aromatic heterocycles. The summed E-state index contributed by atoms with van der Waals surface area (Å²) in [6.07, 6.45) is 13.1. The van der Waals surface area contributed by atoms with Crippen LogP contribution in [0.25, 0.3) is 0 Å². The van der Waals surface area contributed by atoms with E-state index in [0.29, 0.717) is 38.8 Å². The molecule has 2 aliphatic rings. The molecule has 1 saturated carbocycles. The smallest absolute Gasteiger partial charge is 0.157 e. The first-order chi connectivity index (χ1) is 22.0. The van der Waals surface area contributed by atoms with Gasteiger partial charge < -0.3 is 33.5 Å². The van der Waals surface area contributed by atoms with Crippen molar-refractivity contribution in [3.8, 4) is 11.5 Å². The van der Waals surface area contributed by atoms with Crippen molar-refractivity contribution in [2.24, 2.45) is 17.8 Å². The molecule has 6 atom stereocenters. The minimum atomic E-state index is -0.401. The van der Waals surface area contributed by atoms with Gasteiger partial charge in [-0.25, -0.2) is 0 Å². The van der Waals surface area contributed by atoms with Crippen LogP contribution in [0.4, 0.5) is 0 Å². The van der Waals surface area contributed by atoms with Gasteiger partial charge in [-0.1, -0.05) is 75.9 Å². The van der Waals surface area contributed by atoms with E-state index >= 15 is 0 Å². The molecule has 7 nitrogen and oxygen atoms in total. The minimum absolute atomic E-state index is 0.0174. The van der Waals surface area contributed by atoms with Gasteiger partial charge in [-0.2, -0.15) is 0 Å². The van der Waals surface area contributed by atoms with Crippen LogP contribution >= 0.6 is 0 Å². The largest absolute Gasteiger partial charge is 0.497 e. The third-order valence-corrected chi connectivity index (χ3v) is 9.29. The second-order valence-electron chi connectivity index (χ2n) is 12.8. The molecule has 0 amide bonds. The molecule has 45 heavy (non-hydrogen) atoms. The van der Waals surface area contributed by atoms with Crippen molar-refractivity contribution in [1.29, 1.82) is 0 Å². The lowest BCUT2D eigenvalue weighted by Crippen LogP contribution is -2.23. The van der Waals surface area contributed by atoms with E-state index in [0.717, 1.165) is 54.7 Å². The van der Waals surface area contributed by atoms with Crippen molar-refractivity contribution in [3.63, 3.8) is 0 Å². The molecule has 2 aromatic carbocycles. The third-order valence-electron chi connectivity index (χ3n) is 9.29. The molecule has 1 heterocycles. The van der Waals surface area contributed by atoms with Crippen LogP contribution in [-0.4, -0.2) is 57.1 Å². The van der Waals surface area contributed by atoms with E-state index in [1.165, 1.54) is 19.3 Å². The predicted molar refractivity (Wildman–Crippen MR) is 177 cm³/mol. The van der Waals surface area contributed by atoms with Crippen LogP contribution in [-0.2, 0) is 32.2 Å². The lowest BCUT2D eigenvalue weighted by molar-refractivity contribution is -0.0483. The Kier molecular flexibility index (Phi) is 15.2. The van der Waals surface area contributed by atoms with Gasteiger partial charge in [0.05, 0.1) is 59.0 Å². The number of hydrogen-bond donors (Lipinski definition) is 1. The Morgan fingerprint density at radius 1 is 0.867 bits per heavy atom. The standard InChI is InChI=1S/C38H56O7/c1-5-6-9-28(2)24-33(44-26-29-12-16-31(40-3)17-13-29)20-21-35-34(10-7-8-11-38-42-22-23-43-38)36(39)25-37(35)45-27-30-14-18-32(41-4)19-15-30/h12-21,28,33-39H,5-11,22-27H2,1-4H3/b21-20+/t28-,33+,34+,35+,36-,37?/m0/s1. The summed E-state index contributed by atoms with van der Waals surface area (Å²) >= 11 is 0. The summed E-state index contributed by atoms with van der Waals surface area (Å²) in [5.74, 6) is 2.47. The summed E-state index contributed by atoms with van der Waals surface area (Å²) in [6.45, 7) is 6.98. The van der Waals surface area contributed by atoms with Gasteiger partial charge in [0, 0.05) is 12.3 Å². The topological polar surface area (TPSA) is 75.6 Å². The van der Waals surface area contributed by atoms with Crippen LogP contribution in [0.2, 0.25) is 0 Å². The van der Waals surface area contributed by atoms with Crippen LogP contribution in [0.5, 0.6) is 11.5 Å². The van der Waals surface area contributed by atoms with E-state index in [9.17, 15) is 5.11 Å². The Morgan fingerprint density at radius 2 is 1.49 bits per heavy atom. The molecule has 2 fully saturated rings. The Balaban J connectivity index is 1.45. The molecule has 1 aliphatic carbocycles. The number of benzene rings is 2. The van der Waals surface area contributed by atoms with E-state index < -0.39 is 6.10 Å². The second-order valence-corrected chi connectivity index (χ2v) is 12.8. The average Bonchev–Trinajstić information content (AvgIpc) is 3.70. The van der Waals surface area contributed by atoms with Gasteiger partial charge in [0.15, 0.2) is 6.29 Å².